The summed E-state index contributed by atoms with van der Waals surface area (Å²) in [5, 5.41) is 151. The highest BCUT2D eigenvalue weighted by Crippen LogP contribution is 2.43. The van der Waals surface area contributed by atoms with Gasteiger partial charge >= 0.3 is 17.7 Å². The van der Waals surface area contributed by atoms with Crippen molar-refractivity contribution in [3.05, 3.63) is 112 Å². The van der Waals surface area contributed by atoms with Gasteiger partial charge in [-0.1, -0.05) is 0 Å². The summed E-state index contributed by atoms with van der Waals surface area (Å²) in [5.74, 6) is -5.10. The third-order valence-electron chi connectivity index (χ3n) is 13.8. The number of fused-ring (bicyclic) bond motifs is 1. The van der Waals surface area contributed by atoms with E-state index in [9.17, 15) is 81.1 Å². The van der Waals surface area contributed by atoms with Gasteiger partial charge in [-0.05, 0) is 59.7 Å². The van der Waals surface area contributed by atoms with Crippen LogP contribution in [0.15, 0.2) is 95.7 Å². The smallest absolute Gasteiger partial charge is 0.330 e. The van der Waals surface area contributed by atoms with Crippen molar-refractivity contribution in [2.75, 3.05) is 48.3 Å². The number of benzene rings is 3. The van der Waals surface area contributed by atoms with E-state index in [1.807, 2.05) is 0 Å². The van der Waals surface area contributed by atoms with Crippen molar-refractivity contribution in [3.63, 3.8) is 0 Å². The number of hydrogen-bond donors (Lipinski definition) is 14. The van der Waals surface area contributed by atoms with E-state index < -0.39 is 147 Å². The number of allylic oxidation sites excluding steroid dienone is 2. The number of aliphatic hydroxyl groups is 12. The quantitative estimate of drug-likeness (QED) is 0.0261. The van der Waals surface area contributed by atoms with Gasteiger partial charge in [0.2, 0.25) is 35.9 Å². The average Bonchev–Trinajstić information content (AvgIpc) is 2.63. The number of aliphatic hydroxyl groups excluding tert-OH is 10. The Morgan fingerprint density at radius 3 is 1.56 bits per heavy atom. The molecule has 8 rings (SSSR count). The molecule has 0 radical (unpaired) electrons. The first-order valence-electron chi connectivity index (χ1n) is 25.5. The zero-order valence-electron chi connectivity index (χ0n) is 44.9. The van der Waals surface area contributed by atoms with E-state index in [2.05, 4.69) is 0 Å². The molecular formula is C55H63O29+. The van der Waals surface area contributed by atoms with Crippen LogP contribution in [0, 0.1) is 0 Å². The van der Waals surface area contributed by atoms with Crippen LogP contribution in [0.5, 0.6) is 46.0 Å². The normalized spacial score (nSPS) is 30.5. The van der Waals surface area contributed by atoms with Gasteiger partial charge in [-0.2, -0.15) is 0 Å². The van der Waals surface area contributed by atoms with Gasteiger partial charge in [-0.25, -0.2) is 9.59 Å². The van der Waals surface area contributed by atoms with E-state index >= 15 is 0 Å². The zero-order chi connectivity index (χ0) is 60.8. The molecule has 5 aliphatic rings. The van der Waals surface area contributed by atoms with Crippen LogP contribution in [0.1, 0.15) is 16.7 Å². The monoisotopic (exact) mass is 1190 g/mol. The number of methoxy groups -OCH3 is 4. The molecule has 3 fully saturated rings. The van der Waals surface area contributed by atoms with Crippen molar-refractivity contribution in [1.29, 1.82) is 0 Å². The molecule has 15 N–H and O–H groups in total. The van der Waals surface area contributed by atoms with Gasteiger partial charge in [0, 0.05) is 30.4 Å². The third kappa shape index (κ3) is 13.5. The second-order valence-electron chi connectivity index (χ2n) is 19.2. The molecule has 0 amide bonds. The summed E-state index contributed by atoms with van der Waals surface area (Å²) >= 11 is 0. The van der Waals surface area contributed by atoms with Crippen LogP contribution in [0.4, 0.5) is 0 Å². The average molecular weight is 1190 g/mol. The topological polar surface area (TPSA) is 441 Å². The molecule has 1 aliphatic carbocycles. The van der Waals surface area contributed by atoms with E-state index in [1.54, 1.807) is 0 Å². The highest BCUT2D eigenvalue weighted by Gasteiger charge is 2.53. The van der Waals surface area contributed by atoms with Gasteiger partial charge < -0.3 is 133 Å². The van der Waals surface area contributed by atoms with Crippen molar-refractivity contribution in [2.45, 2.75) is 98.2 Å². The van der Waals surface area contributed by atoms with Gasteiger partial charge in [-0.3, -0.25) is 0 Å². The predicted molar refractivity (Wildman–Crippen MR) is 280 cm³/mol. The SMILES string of the molecule is COc1cc(C=CC(=O)OCC2OC(OC3C(OC4=C(c5ccc(O)c(O)c5)[OH+]C5C=C(O)C=C(OC6OC(CO)C(O)C(O)C6O)C5=C4)OC(COC(=O)C=Cc4cc(OC)c(O)c(OC)c4)C(O)C3O)C(O)C(O)C2O)cc(OC)c1O. The van der Waals surface area contributed by atoms with Crippen molar-refractivity contribution in [3.8, 4) is 46.0 Å². The van der Waals surface area contributed by atoms with E-state index in [4.69, 9.17) is 61.6 Å². The Kier molecular flexibility index (Phi) is 19.8. The number of carbonyl (C=O) groups excluding carboxylic acids is 2. The first-order valence-corrected chi connectivity index (χ1v) is 25.5. The number of carbonyl (C=O) groups is 2. The molecule has 0 bridgehead atoms. The maximum Gasteiger partial charge on any atom is 0.330 e. The molecule has 3 aromatic rings. The highest BCUT2D eigenvalue weighted by molar-refractivity contribution is 5.88. The summed E-state index contributed by atoms with van der Waals surface area (Å²) in [7, 11) is 5.18. The minimum atomic E-state index is -2.18. The fraction of sp³-hybridized carbons (Fsp3) is 0.418. The second kappa shape index (κ2) is 26.8. The van der Waals surface area contributed by atoms with Gasteiger partial charge in [0.15, 0.2) is 46.9 Å². The molecule has 4 heterocycles. The van der Waals surface area contributed by atoms with E-state index in [1.165, 1.54) is 83.1 Å². The molecule has 16 atom stereocenters. The summed E-state index contributed by atoms with van der Waals surface area (Å²) in [4.78, 5) is 26.2. The lowest BCUT2D eigenvalue weighted by Gasteiger charge is -2.46. The summed E-state index contributed by atoms with van der Waals surface area (Å²) < 4.78 is 72.1. The number of ether oxygens (including phenoxy) is 13. The number of hydrogen-bond acceptors (Lipinski definition) is 28. The molecule has 0 saturated carbocycles. The van der Waals surface area contributed by atoms with E-state index in [-0.39, 0.29) is 62.9 Å². The Balaban J connectivity index is 1.11. The van der Waals surface area contributed by atoms with Crippen molar-refractivity contribution >= 4 is 29.8 Å². The minimum absolute atomic E-state index is 0.000551. The van der Waals surface area contributed by atoms with Gasteiger partial charge in [0.1, 0.15) is 91.9 Å². The van der Waals surface area contributed by atoms with Crippen molar-refractivity contribution < 1.29 is 143 Å². The fourth-order valence-electron chi connectivity index (χ4n) is 9.21. The molecule has 3 saturated heterocycles. The van der Waals surface area contributed by atoms with E-state index in [0.29, 0.717) is 11.1 Å². The van der Waals surface area contributed by atoms with Crippen molar-refractivity contribution in [2.24, 2.45) is 0 Å². The largest absolute Gasteiger partial charge is 0.571 e. The Morgan fingerprint density at radius 1 is 0.560 bits per heavy atom. The van der Waals surface area contributed by atoms with Crippen LogP contribution in [0.2, 0.25) is 0 Å². The summed E-state index contributed by atoms with van der Waals surface area (Å²) in [5.41, 5.74) is 0.654. The highest BCUT2D eigenvalue weighted by atomic mass is 16.8. The van der Waals surface area contributed by atoms with Crippen LogP contribution in [-0.4, -0.2) is 235 Å². The summed E-state index contributed by atoms with van der Waals surface area (Å²) in [6, 6.07) is 9.00. The minimum Gasteiger partial charge on any atom is -0.571 e. The molecule has 3 aromatic carbocycles. The first-order chi connectivity index (χ1) is 40.1. The predicted octanol–water partition coefficient (Wildman–Crippen LogP) is -1.63. The van der Waals surface area contributed by atoms with Crippen molar-refractivity contribution in [1.82, 2.24) is 0 Å². The molecule has 4 aliphatic heterocycles. The molecule has 456 valence electrons. The number of phenols is 4. The summed E-state index contributed by atoms with van der Waals surface area (Å²) in [6.45, 7) is -2.44. The Bertz CT molecular complexity index is 3010. The lowest BCUT2D eigenvalue weighted by Crippen LogP contribution is -2.64. The van der Waals surface area contributed by atoms with Crippen LogP contribution < -0.4 is 18.9 Å². The lowest BCUT2D eigenvalue weighted by molar-refractivity contribution is -0.363. The standard InChI is InChI=1S/C55H62O29/c1-72-31-11-22(12-32(73-2)41(31)62)5-9-39(60)76-20-37-44(65)47(68)50(71)54(82-37)84-52-48(69)45(66)38(21-77-40(61)10-6-23-13-33(74-3)42(63)34(14-23)75-4)83-55(52)80-35-18-26-29(78-51(35)24-7-8-27(58)28(59)15-24)16-25(57)17-30(26)79-53-49(70)46(67)43(64)36(19-56)81-53/h5-18,29,36-38,43-50,52-59,62-71H,19-21H2,1-4H3/p+1. The van der Waals surface area contributed by atoms with Gasteiger partial charge in [0.05, 0.1) is 52.3 Å². The lowest BCUT2D eigenvalue weighted by atomic mass is 9.95. The van der Waals surface area contributed by atoms with Crippen LogP contribution in [0.3, 0.4) is 0 Å². The number of phenolic OH excluding ortho intramolecular Hbond substituents is 4. The molecular weight excluding hydrogens is 1120 g/mol. The molecule has 0 spiro atoms. The number of aromatic hydroxyl groups is 4. The fourth-order valence-corrected chi connectivity index (χ4v) is 9.21. The number of esters is 2. The van der Waals surface area contributed by atoms with Gasteiger partial charge in [-0.15, -0.1) is 0 Å². The molecule has 16 unspecified atom stereocenters. The van der Waals surface area contributed by atoms with Crippen LogP contribution in [-0.2, 0) is 47.5 Å². The maximum absolute atomic E-state index is 13.2. The zero-order valence-corrected chi connectivity index (χ0v) is 44.9. The summed E-state index contributed by atoms with van der Waals surface area (Å²) in [6.07, 6.45) is -22.1. The molecule has 29 nitrogen and oxygen atoms in total. The third-order valence-corrected chi connectivity index (χ3v) is 13.8. The van der Waals surface area contributed by atoms with Gasteiger partial charge in [0.25, 0.3) is 0 Å². The maximum atomic E-state index is 13.2. The number of rotatable bonds is 20. The van der Waals surface area contributed by atoms with Crippen LogP contribution in [0.25, 0.3) is 17.9 Å². The first kappa shape index (κ1) is 62.2. The molecule has 29 heteroatoms. The molecule has 0 aromatic heterocycles. The second-order valence-corrected chi connectivity index (χ2v) is 19.2. The van der Waals surface area contributed by atoms with Crippen LogP contribution >= 0.6 is 0 Å². The van der Waals surface area contributed by atoms with E-state index in [0.717, 1.165) is 30.4 Å². The Labute approximate surface area is 476 Å². The molecule has 84 heavy (non-hydrogen) atoms. The Morgan fingerprint density at radius 2 is 1.05 bits per heavy atom. The Hall–Kier alpha value is -7.88.